The first-order chi connectivity index (χ1) is 9.40. The number of carbonyl (C=O) groups excluding carboxylic acids is 1. The summed E-state index contributed by atoms with van der Waals surface area (Å²) in [4.78, 5) is 11.5. The normalized spacial score (nSPS) is 13.8. The summed E-state index contributed by atoms with van der Waals surface area (Å²) in [5, 5.41) is 9.43. The molecule has 0 aliphatic rings. The molecule has 6 nitrogen and oxygen atoms in total. The Morgan fingerprint density at radius 3 is 2.38 bits per heavy atom. The molecule has 1 aromatic carbocycles. The van der Waals surface area contributed by atoms with E-state index in [-0.39, 0.29) is 0 Å². The molecule has 2 N–H and O–H groups in total. The van der Waals surface area contributed by atoms with Crippen molar-refractivity contribution in [2.75, 3.05) is 5.75 Å². The van der Waals surface area contributed by atoms with Crippen molar-refractivity contribution >= 4 is 32.0 Å². The summed E-state index contributed by atoms with van der Waals surface area (Å²) in [6.07, 6.45) is -8.25. The van der Waals surface area contributed by atoms with E-state index in [0.29, 0.717) is 4.47 Å². The van der Waals surface area contributed by atoms with Crippen LogP contribution in [-0.4, -0.2) is 42.1 Å². The average molecular weight is 393 g/mol. The van der Waals surface area contributed by atoms with Gasteiger partial charge in [-0.1, -0.05) is 15.9 Å². The van der Waals surface area contributed by atoms with Crippen LogP contribution < -0.4 is 0 Å². The van der Waals surface area contributed by atoms with Gasteiger partial charge in [-0.15, -0.1) is 0 Å². The molecule has 0 bridgehead atoms. The third-order valence-electron chi connectivity index (χ3n) is 2.16. The number of phenolic OH excluding ortho intramolecular Hbond substituents is 1. The Balaban J connectivity index is 3.01. The van der Waals surface area contributed by atoms with E-state index >= 15 is 0 Å². The lowest BCUT2D eigenvalue weighted by Gasteiger charge is -2.19. The number of rotatable bonds is 4. The standard InChI is InChI=1S/C10H8BrF3O6S/c11-5-1-2-6(7(15)3-5)9(16)20-8(10(12,13)14)4-21(17,18)19/h1-3,8,15H,4H2,(H,17,18,19). The van der Waals surface area contributed by atoms with E-state index in [4.69, 9.17) is 4.55 Å². The van der Waals surface area contributed by atoms with Gasteiger partial charge in [-0.2, -0.15) is 21.6 Å². The van der Waals surface area contributed by atoms with E-state index in [2.05, 4.69) is 20.7 Å². The minimum Gasteiger partial charge on any atom is -0.507 e. The van der Waals surface area contributed by atoms with E-state index in [0.717, 1.165) is 12.1 Å². The van der Waals surface area contributed by atoms with Gasteiger partial charge in [0, 0.05) is 4.47 Å². The molecule has 0 aliphatic heterocycles. The Kier molecular flexibility index (Phi) is 5.23. The topological polar surface area (TPSA) is 101 Å². The summed E-state index contributed by atoms with van der Waals surface area (Å²) in [6.45, 7) is 0. The van der Waals surface area contributed by atoms with Crippen molar-refractivity contribution in [2.24, 2.45) is 0 Å². The van der Waals surface area contributed by atoms with Crippen molar-refractivity contribution < 1.29 is 40.8 Å². The Bertz CT molecular complexity index is 643. The van der Waals surface area contributed by atoms with Gasteiger partial charge in [-0.05, 0) is 18.2 Å². The lowest BCUT2D eigenvalue weighted by molar-refractivity contribution is -0.197. The average Bonchev–Trinajstić information content (AvgIpc) is 2.24. The summed E-state index contributed by atoms with van der Waals surface area (Å²) in [6, 6.07) is 3.30. The number of benzene rings is 1. The molecule has 1 rings (SSSR count). The number of ether oxygens (including phenoxy) is 1. The van der Waals surface area contributed by atoms with Gasteiger partial charge in [0.25, 0.3) is 10.1 Å². The zero-order chi connectivity index (χ0) is 16.4. The molecule has 0 amide bonds. The van der Waals surface area contributed by atoms with Crippen LogP contribution in [0, 0.1) is 0 Å². The van der Waals surface area contributed by atoms with Crippen LogP contribution >= 0.6 is 15.9 Å². The molecule has 0 aromatic heterocycles. The maximum absolute atomic E-state index is 12.6. The molecule has 0 saturated heterocycles. The molecule has 0 spiro atoms. The smallest absolute Gasteiger partial charge is 0.426 e. The second-order valence-corrected chi connectivity index (χ2v) is 6.26. The maximum Gasteiger partial charge on any atom is 0.426 e. The minimum atomic E-state index is -5.20. The van der Waals surface area contributed by atoms with E-state index < -0.39 is 45.4 Å². The highest BCUT2D eigenvalue weighted by atomic mass is 79.9. The predicted octanol–water partition coefficient (Wildman–Crippen LogP) is 2.13. The number of alkyl halides is 3. The van der Waals surface area contributed by atoms with Crippen molar-refractivity contribution in [3.05, 3.63) is 28.2 Å². The number of hydrogen-bond donors (Lipinski definition) is 2. The largest absolute Gasteiger partial charge is 0.507 e. The fourth-order valence-electron chi connectivity index (χ4n) is 1.26. The van der Waals surface area contributed by atoms with E-state index in [1.54, 1.807) is 0 Å². The van der Waals surface area contributed by atoms with Gasteiger partial charge in [0.15, 0.2) is 0 Å². The molecule has 0 heterocycles. The Hall–Kier alpha value is -1.33. The highest BCUT2D eigenvalue weighted by Crippen LogP contribution is 2.28. The predicted molar refractivity (Wildman–Crippen MR) is 67.5 cm³/mol. The van der Waals surface area contributed by atoms with Crippen molar-refractivity contribution in [3.63, 3.8) is 0 Å². The van der Waals surface area contributed by atoms with Gasteiger partial charge in [0.05, 0.1) is 0 Å². The molecule has 0 fully saturated rings. The third-order valence-corrected chi connectivity index (χ3v) is 3.37. The molecule has 118 valence electrons. The third kappa shape index (κ3) is 5.52. The molecule has 1 aromatic rings. The first kappa shape index (κ1) is 17.7. The lowest BCUT2D eigenvalue weighted by Crippen LogP contribution is -2.39. The van der Waals surface area contributed by atoms with Gasteiger partial charge in [0.1, 0.15) is 17.1 Å². The molecular formula is C10H8BrF3O6S. The molecular weight excluding hydrogens is 385 g/mol. The molecule has 0 saturated carbocycles. The van der Waals surface area contributed by atoms with Crippen LogP contribution in [0.1, 0.15) is 10.4 Å². The molecule has 1 unspecified atom stereocenters. The van der Waals surface area contributed by atoms with Gasteiger partial charge in [-0.3, -0.25) is 4.55 Å². The fraction of sp³-hybridized carbons (Fsp3) is 0.300. The summed E-state index contributed by atoms with van der Waals surface area (Å²) >= 11 is 2.96. The van der Waals surface area contributed by atoms with Crippen molar-refractivity contribution in [3.8, 4) is 5.75 Å². The minimum absolute atomic E-state index is 0.363. The van der Waals surface area contributed by atoms with Gasteiger partial charge < -0.3 is 9.84 Å². The summed E-state index contributed by atoms with van der Waals surface area (Å²) in [7, 11) is -5.02. The molecule has 11 heteroatoms. The van der Waals surface area contributed by atoms with Crippen LogP contribution in [0.25, 0.3) is 0 Å². The van der Waals surface area contributed by atoms with Crippen LogP contribution in [0.5, 0.6) is 5.75 Å². The van der Waals surface area contributed by atoms with Gasteiger partial charge in [-0.25, -0.2) is 4.79 Å². The lowest BCUT2D eigenvalue weighted by atomic mass is 10.2. The maximum atomic E-state index is 12.6. The Morgan fingerprint density at radius 1 is 1.38 bits per heavy atom. The first-order valence-electron chi connectivity index (χ1n) is 5.11. The van der Waals surface area contributed by atoms with Crippen molar-refractivity contribution in [2.45, 2.75) is 12.3 Å². The SMILES string of the molecule is O=C(OC(CS(=O)(=O)O)C(F)(F)F)c1ccc(Br)cc1O. The summed E-state index contributed by atoms with van der Waals surface area (Å²) < 4.78 is 71.6. The molecule has 21 heavy (non-hydrogen) atoms. The monoisotopic (exact) mass is 392 g/mol. The highest BCUT2D eigenvalue weighted by molar-refractivity contribution is 9.10. The summed E-state index contributed by atoms with van der Waals surface area (Å²) in [5.74, 6) is -4.06. The number of phenols is 1. The van der Waals surface area contributed by atoms with E-state index in [1.165, 1.54) is 6.07 Å². The second kappa shape index (κ2) is 6.20. The number of halogens is 4. The number of hydrogen-bond acceptors (Lipinski definition) is 5. The number of esters is 1. The fourth-order valence-corrected chi connectivity index (χ4v) is 2.25. The van der Waals surface area contributed by atoms with E-state index in [1.807, 2.05) is 0 Å². The quantitative estimate of drug-likeness (QED) is 0.601. The van der Waals surface area contributed by atoms with Gasteiger partial charge >= 0.3 is 12.1 Å². The van der Waals surface area contributed by atoms with Crippen LogP contribution in [0.3, 0.4) is 0 Å². The Labute approximate surface area is 125 Å². The van der Waals surface area contributed by atoms with Crippen molar-refractivity contribution in [1.29, 1.82) is 0 Å². The molecule has 0 radical (unpaired) electrons. The second-order valence-electron chi connectivity index (χ2n) is 3.85. The van der Waals surface area contributed by atoms with Gasteiger partial charge in [0.2, 0.25) is 6.10 Å². The van der Waals surface area contributed by atoms with Crippen LogP contribution in [-0.2, 0) is 14.9 Å². The number of carbonyl (C=O) groups is 1. The Morgan fingerprint density at radius 2 is 1.95 bits per heavy atom. The molecule has 0 aliphatic carbocycles. The van der Waals surface area contributed by atoms with E-state index in [9.17, 15) is 31.5 Å². The summed E-state index contributed by atoms with van der Waals surface area (Å²) in [5.41, 5.74) is -0.581. The first-order valence-corrected chi connectivity index (χ1v) is 7.52. The van der Waals surface area contributed by atoms with Crippen molar-refractivity contribution in [1.82, 2.24) is 0 Å². The van der Waals surface area contributed by atoms with Crippen LogP contribution in [0.4, 0.5) is 13.2 Å². The highest BCUT2D eigenvalue weighted by Gasteiger charge is 2.45. The zero-order valence-corrected chi connectivity index (χ0v) is 12.4. The van der Waals surface area contributed by atoms with Crippen LogP contribution in [0.2, 0.25) is 0 Å². The number of aromatic hydroxyl groups is 1. The van der Waals surface area contributed by atoms with Crippen LogP contribution in [0.15, 0.2) is 22.7 Å². The zero-order valence-electron chi connectivity index (χ0n) is 9.96. The molecule has 1 atom stereocenters.